The molecule has 0 spiro atoms. The van der Waals surface area contributed by atoms with Crippen LogP contribution in [-0.2, 0) is 4.79 Å². The average molecular weight is 652 g/mol. The SMILES string of the molecule is CCN(CCCCN1C(=O)c2ccccc2C1=O)c1ccc(N=Nc2c(Br)cc([N+](=O)[O-])cc2[N+](=O)[O-])c(NC(C)=O)c1. The maximum atomic E-state index is 12.6. The van der Waals surface area contributed by atoms with Crippen LogP contribution < -0.4 is 10.2 Å². The van der Waals surface area contributed by atoms with Crippen molar-refractivity contribution in [1.82, 2.24) is 4.90 Å². The minimum atomic E-state index is -0.794. The third-order valence-electron chi connectivity index (χ3n) is 6.67. The largest absolute Gasteiger partial charge is 0.372 e. The van der Waals surface area contributed by atoms with E-state index in [4.69, 9.17) is 0 Å². The Morgan fingerprint density at radius 3 is 2.23 bits per heavy atom. The molecule has 0 aromatic heterocycles. The van der Waals surface area contributed by atoms with Crippen LogP contribution in [0.4, 0.5) is 34.1 Å². The van der Waals surface area contributed by atoms with Crippen LogP contribution in [0.25, 0.3) is 0 Å². The van der Waals surface area contributed by atoms with E-state index in [0.717, 1.165) is 17.8 Å². The first-order valence-electron chi connectivity index (χ1n) is 13.2. The molecule has 0 saturated heterocycles. The number of rotatable bonds is 12. The van der Waals surface area contributed by atoms with E-state index in [9.17, 15) is 34.6 Å². The van der Waals surface area contributed by atoms with Crippen LogP contribution in [0.5, 0.6) is 0 Å². The van der Waals surface area contributed by atoms with Crippen LogP contribution >= 0.6 is 15.9 Å². The lowest BCUT2D eigenvalue weighted by molar-refractivity contribution is -0.393. The van der Waals surface area contributed by atoms with Gasteiger partial charge < -0.3 is 10.2 Å². The molecule has 1 aliphatic heterocycles. The Balaban J connectivity index is 1.49. The van der Waals surface area contributed by atoms with Crippen molar-refractivity contribution in [2.24, 2.45) is 10.2 Å². The zero-order valence-corrected chi connectivity index (χ0v) is 24.7. The summed E-state index contributed by atoms with van der Waals surface area (Å²) in [7, 11) is 0. The van der Waals surface area contributed by atoms with Crippen molar-refractivity contribution >= 4 is 67.8 Å². The number of anilines is 2. The molecule has 1 aliphatic rings. The van der Waals surface area contributed by atoms with Crippen LogP contribution in [-0.4, -0.2) is 52.1 Å². The molecule has 3 aromatic rings. The Morgan fingerprint density at radius 2 is 1.65 bits per heavy atom. The van der Waals surface area contributed by atoms with Crippen molar-refractivity contribution in [1.29, 1.82) is 0 Å². The number of azo groups is 1. The molecule has 43 heavy (non-hydrogen) atoms. The monoisotopic (exact) mass is 651 g/mol. The topological polar surface area (TPSA) is 181 Å². The maximum absolute atomic E-state index is 12.6. The summed E-state index contributed by atoms with van der Waals surface area (Å²) in [6.07, 6.45) is 1.27. The highest BCUT2D eigenvalue weighted by Crippen LogP contribution is 2.41. The van der Waals surface area contributed by atoms with Crippen molar-refractivity contribution in [3.63, 3.8) is 0 Å². The third-order valence-corrected chi connectivity index (χ3v) is 7.27. The fraction of sp³-hybridized carbons (Fsp3) is 0.250. The van der Waals surface area contributed by atoms with Gasteiger partial charge in [-0.25, -0.2) is 0 Å². The van der Waals surface area contributed by atoms with Crippen molar-refractivity contribution in [2.45, 2.75) is 26.7 Å². The summed E-state index contributed by atoms with van der Waals surface area (Å²) < 4.78 is 0.00761. The first-order valence-corrected chi connectivity index (χ1v) is 14.0. The molecule has 0 radical (unpaired) electrons. The molecule has 222 valence electrons. The van der Waals surface area contributed by atoms with E-state index in [1.165, 1.54) is 11.8 Å². The number of unbranched alkanes of at least 4 members (excludes halogenated alkanes) is 1. The Hall–Kier alpha value is -5.05. The Labute approximate surface area is 253 Å². The smallest absolute Gasteiger partial charge is 0.304 e. The predicted octanol–water partition coefficient (Wildman–Crippen LogP) is 6.54. The number of halogens is 1. The van der Waals surface area contributed by atoms with E-state index in [1.54, 1.807) is 42.5 Å². The summed E-state index contributed by atoms with van der Waals surface area (Å²) in [6, 6.07) is 13.7. The highest BCUT2D eigenvalue weighted by Gasteiger charge is 2.34. The van der Waals surface area contributed by atoms with Gasteiger partial charge in [-0.1, -0.05) is 12.1 Å². The van der Waals surface area contributed by atoms with E-state index >= 15 is 0 Å². The van der Waals surface area contributed by atoms with Gasteiger partial charge in [-0.05, 0) is 66.0 Å². The van der Waals surface area contributed by atoms with Crippen molar-refractivity contribution in [3.05, 3.63) is 90.4 Å². The van der Waals surface area contributed by atoms with Crippen LogP contribution in [0, 0.1) is 20.2 Å². The number of carbonyl (C=O) groups excluding carboxylic acids is 3. The quantitative estimate of drug-likeness (QED) is 0.0752. The number of amides is 3. The van der Waals surface area contributed by atoms with Gasteiger partial charge in [-0.2, -0.15) is 0 Å². The number of fused-ring (bicyclic) bond motifs is 1. The van der Waals surface area contributed by atoms with Gasteiger partial charge in [0.25, 0.3) is 17.5 Å². The maximum Gasteiger partial charge on any atom is 0.304 e. The number of imide groups is 1. The summed E-state index contributed by atoms with van der Waals surface area (Å²) >= 11 is 3.09. The van der Waals surface area contributed by atoms with Gasteiger partial charge in [0.15, 0.2) is 5.69 Å². The van der Waals surface area contributed by atoms with E-state index in [-0.39, 0.29) is 33.6 Å². The molecule has 0 saturated carbocycles. The summed E-state index contributed by atoms with van der Waals surface area (Å²) in [5.74, 6) is -0.951. The van der Waals surface area contributed by atoms with Crippen molar-refractivity contribution < 1.29 is 24.2 Å². The molecular weight excluding hydrogens is 626 g/mol. The van der Waals surface area contributed by atoms with Crippen LogP contribution in [0.2, 0.25) is 0 Å². The molecule has 4 rings (SSSR count). The highest BCUT2D eigenvalue weighted by molar-refractivity contribution is 9.10. The number of hydrogen-bond donors (Lipinski definition) is 1. The summed E-state index contributed by atoms with van der Waals surface area (Å²) in [6.45, 7) is 4.80. The Morgan fingerprint density at radius 1 is 0.977 bits per heavy atom. The molecule has 1 heterocycles. The molecule has 3 amide bonds. The molecule has 0 aliphatic carbocycles. The summed E-state index contributed by atoms with van der Waals surface area (Å²) in [5, 5.41) is 33.4. The highest BCUT2D eigenvalue weighted by atomic mass is 79.9. The third kappa shape index (κ3) is 6.89. The lowest BCUT2D eigenvalue weighted by atomic mass is 10.1. The summed E-state index contributed by atoms with van der Waals surface area (Å²) in [4.78, 5) is 61.6. The molecule has 15 heteroatoms. The lowest BCUT2D eigenvalue weighted by Gasteiger charge is -2.24. The number of nitro benzene ring substituents is 2. The van der Waals surface area contributed by atoms with Gasteiger partial charge in [-0.15, -0.1) is 10.2 Å². The first kappa shape index (κ1) is 30.9. The second-order valence-electron chi connectivity index (χ2n) is 9.49. The predicted molar refractivity (Wildman–Crippen MR) is 161 cm³/mol. The number of nitrogens with one attached hydrogen (secondary N) is 1. The second kappa shape index (κ2) is 13.3. The number of benzene rings is 3. The molecule has 0 bridgehead atoms. The molecule has 3 aromatic carbocycles. The molecule has 0 fully saturated rings. The molecule has 0 unspecified atom stereocenters. The summed E-state index contributed by atoms with van der Waals surface area (Å²) in [5.41, 5.74) is 0.793. The number of nitrogens with zero attached hydrogens (tertiary/aromatic N) is 6. The minimum absolute atomic E-state index is 0.00761. The number of carbonyl (C=O) groups is 3. The van der Waals surface area contributed by atoms with E-state index in [2.05, 4.69) is 31.5 Å². The van der Waals surface area contributed by atoms with Gasteiger partial charge in [0, 0.05) is 38.3 Å². The minimum Gasteiger partial charge on any atom is -0.372 e. The fourth-order valence-electron chi connectivity index (χ4n) is 4.60. The van der Waals surface area contributed by atoms with E-state index < -0.39 is 21.2 Å². The molecule has 0 atom stereocenters. The van der Waals surface area contributed by atoms with Gasteiger partial charge in [0.2, 0.25) is 5.91 Å². The molecule has 1 N–H and O–H groups in total. The van der Waals surface area contributed by atoms with E-state index in [0.29, 0.717) is 49.3 Å². The zero-order chi connectivity index (χ0) is 31.3. The second-order valence-corrected chi connectivity index (χ2v) is 10.3. The van der Waals surface area contributed by atoms with Crippen LogP contribution in [0.3, 0.4) is 0 Å². The van der Waals surface area contributed by atoms with Gasteiger partial charge in [0.05, 0.1) is 37.2 Å². The Bertz CT molecular complexity index is 1630. The number of non-ortho nitro benzene ring substituents is 1. The lowest BCUT2D eigenvalue weighted by Crippen LogP contribution is -2.31. The van der Waals surface area contributed by atoms with Crippen LogP contribution in [0.15, 0.2) is 69.3 Å². The standard InChI is InChI=1S/C28H26BrN7O7/c1-3-33(12-6-7-13-34-27(38)20-8-4-5-9-21(20)28(34)39)18-10-11-23(24(15-18)30-17(2)37)31-32-26-22(29)14-19(35(40)41)16-25(26)36(42)43/h4-5,8-11,14-16H,3,6-7,12-13H2,1-2H3,(H,30,37). The van der Waals surface area contributed by atoms with Crippen molar-refractivity contribution in [2.75, 3.05) is 29.9 Å². The fourth-order valence-corrected chi connectivity index (χ4v) is 5.12. The number of hydrogen-bond acceptors (Lipinski definition) is 10. The van der Waals surface area contributed by atoms with Gasteiger partial charge >= 0.3 is 5.69 Å². The van der Waals surface area contributed by atoms with Crippen LogP contribution in [0.1, 0.15) is 47.4 Å². The van der Waals surface area contributed by atoms with Gasteiger partial charge in [-0.3, -0.25) is 39.5 Å². The van der Waals surface area contributed by atoms with E-state index in [1.807, 2.05) is 11.8 Å². The Kier molecular flexibility index (Phi) is 9.55. The van der Waals surface area contributed by atoms with Crippen molar-refractivity contribution in [3.8, 4) is 0 Å². The molecule has 14 nitrogen and oxygen atoms in total. The molecular formula is C28H26BrN7O7. The average Bonchev–Trinajstić information content (AvgIpc) is 3.21. The normalized spacial score (nSPS) is 12.5. The zero-order valence-electron chi connectivity index (χ0n) is 23.2. The van der Waals surface area contributed by atoms with Gasteiger partial charge in [0.1, 0.15) is 5.69 Å². The number of nitro groups is 2. The first-order chi connectivity index (χ1) is 20.5.